The van der Waals surface area contributed by atoms with E-state index < -0.39 is 0 Å². The SMILES string of the molecule is CCN(C)CC1CCNCC1C. The molecule has 1 rings (SSSR count). The third-order valence-electron chi connectivity index (χ3n) is 3.05. The van der Waals surface area contributed by atoms with Gasteiger partial charge in [0.1, 0.15) is 0 Å². The van der Waals surface area contributed by atoms with Crippen molar-refractivity contribution in [2.45, 2.75) is 20.3 Å². The van der Waals surface area contributed by atoms with Crippen molar-refractivity contribution < 1.29 is 0 Å². The minimum absolute atomic E-state index is 0.854. The maximum atomic E-state index is 3.44. The quantitative estimate of drug-likeness (QED) is 0.684. The first-order valence-corrected chi connectivity index (χ1v) is 5.13. The molecular weight excluding hydrogens is 148 g/mol. The highest BCUT2D eigenvalue weighted by atomic mass is 15.1. The lowest BCUT2D eigenvalue weighted by Crippen LogP contribution is -2.40. The van der Waals surface area contributed by atoms with Crippen LogP contribution in [0.4, 0.5) is 0 Å². The average molecular weight is 170 g/mol. The molecule has 0 aromatic rings. The lowest BCUT2D eigenvalue weighted by atomic mass is 9.87. The highest BCUT2D eigenvalue weighted by molar-refractivity contribution is 4.76. The molecule has 2 unspecified atom stereocenters. The Bertz CT molecular complexity index is 125. The molecule has 1 aliphatic rings. The summed E-state index contributed by atoms with van der Waals surface area (Å²) < 4.78 is 0. The van der Waals surface area contributed by atoms with E-state index in [0.29, 0.717) is 0 Å². The molecule has 0 saturated carbocycles. The number of nitrogens with one attached hydrogen (secondary N) is 1. The van der Waals surface area contributed by atoms with Crippen molar-refractivity contribution in [1.82, 2.24) is 10.2 Å². The van der Waals surface area contributed by atoms with E-state index in [2.05, 4.69) is 31.1 Å². The van der Waals surface area contributed by atoms with Crippen LogP contribution in [0.1, 0.15) is 20.3 Å². The van der Waals surface area contributed by atoms with Crippen LogP contribution >= 0.6 is 0 Å². The van der Waals surface area contributed by atoms with E-state index in [0.717, 1.165) is 11.8 Å². The van der Waals surface area contributed by atoms with Crippen molar-refractivity contribution in [2.24, 2.45) is 11.8 Å². The molecule has 2 atom stereocenters. The molecule has 1 fully saturated rings. The number of rotatable bonds is 3. The highest BCUT2D eigenvalue weighted by Gasteiger charge is 2.21. The van der Waals surface area contributed by atoms with E-state index in [4.69, 9.17) is 0 Å². The summed E-state index contributed by atoms with van der Waals surface area (Å²) in [6, 6.07) is 0. The summed E-state index contributed by atoms with van der Waals surface area (Å²) >= 11 is 0. The second-order valence-corrected chi connectivity index (χ2v) is 4.09. The molecule has 1 aliphatic heterocycles. The van der Waals surface area contributed by atoms with Crippen LogP contribution in [0.15, 0.2) is 0 Å². The first-order valence-electron chi connectivity index (χ1n) is 5.13. The van der Waals surface area contributed by atoms with E-state index in [1.165, 1.54) is 32.6 Å². The van der Waals surface area contributed by atoms with Crippen LogP contribution in [0.5, 0.6) is 0 Å². The third-order valence-corrected chi connectivity index (χ3v) is 3.05. The molecule has 1 N–H and O–H groups in total. The summed E-state index contributed by atoms with van der Waals surface area (Å²) in [6.45, 7) is 9.47. The largest absolute Gasteiger partial charge is 0.316 e. The first kappa shape index (κ1) is 10.0. The van der Waals surface area contributed by atoms with Crippen LogP contribution < -0.4 is 5.32 Å². The molecule has 0 aromatic heterocycles. The summed E-state index contributed by atoms with van der Waals surface area (Å²) in [6.07, 6.45) is 1.35. The van der Waals surface area contributed by atoms with Crippen LogP contribution in [0.2, 0.25) is 0 Å². The lowest BCUT2D eigenvalue weighted by Gasteiger charge is -2.32. The van der Waals surface area contributed by atoms with Gasteiger partial charge in [-0.25, -0.2) is 0 Å². The smallest absolute Gasteiger partial charge is 0.000999 e. The van der Waals surface area contributed by atoms with Gasteiger partial charge in [-0.3, -0.25) is 0 Å². The summed E-state index contributed by atoms with van der Waals surface area (Å²) in [5, 5.41) is 3.44. The van der Waals surface area contributed by atoms with Gasteiger partial charge in [0.25, 0.3) is 0 Å². The average Bonchev–Trinajstić information content (AvgIpc) is 2.09. The molecule has 0 aliphatic carbocycles. The topological polar surface area (TPSA) is 15.3 Å². The number of piperidine rings is 1. The normalized spacial score (nSPS) is 31.0. The van der Waals surface area contributed by atoms with Crippen molar-refractivity contribution in [2.75, 3.05) is 33.2 Å². The Kier molecular flexibility index (Phi) is 4.02. The summed E-state index contributed by atoms with van der Waals surface area (Å²) in [7, 11) is 2.22. The molecule has 72 valence electrons. The number of nitrogens with zero attached hydrogens (tertiary/aromatic N) is 1. The number of hydrogen-bond donors (Lipinski definition) is 1. The van der Waals surface area contributed by atoms with E-state index in [9.17, 15) is 0 Å². The van der Waals surface area contributed by atoms with Crippen molar-refractivity contribution in [3.8, 4) is 0 Å². The monoisotopic (exact) mass is 170 g/mol. The standard InChI is InChI=1S/C10H22N2/c1-4-12(3)8-10-5-6-11-7-9(10)2/h9-11H,4-8H2,1-3H3. The van der Waals surface area contributed by atoms with E-state index in [1.807, 2.05) is 0 Å². The molecule has 0 radical (unpaired) electrons. The van der Waals surface area contributed by atoms with Crippen molar-refractivity contribution in [3.05, 3.63) is 0 Å². The molecule has 0 amide bonds. The van der Waals surface area contributed by atoms with Gasteiger partial charge in [-0.15, -0.1) is 0 Å². The van der Waals surface area contributed by atoms with Crippen LogP contribution in [0, 0.1) is 11.8 Å². The van der Waals surface area contributed by atoms with Gasteiger partial charge in [0.15, 0.2) is 0 Å². The van der Waals surface area contributed by atoms with Crippen LogP contribution in [-0.2, 0) is 0 Å². The predicted octanol–water partition coefficient (Wildman–Crippen LogP) is 1.18. The fraction of sp³-hybridized carbons (Fsp3) is 1.00. The van der Waals surface area contributed by atoms with E-state index >= 15 is 0 Å². The zero-order chi connectivity index (χ0) is 8.97. The molecule has 2 heteroatoms. The Morgan fingerprint density at radius 2 is 2.25 bits per heavy atom. The summed E-state index contributed by atoms with van der Waals surface area (Å²) in [5.41, 5.74) is 0. The molecule has 0 aromatic carbocycles. The zero-order valence-electron chi connectivity index (χ0n) is 8.64. The van der Waals surface area contributed by atoms with E-state index in [1.54, 1.807) is 0 Å². The maximum absolute atomic E-state index is 3.44. The molecule has 0 bridgehead atoms. The summed E-state index contributed by atoms with van der Waals surface area (Å²) in [4.78, 5) is 2.42. The van der Waals surface area contributed by atoms with Gasteiger partial charge < -0.3 is 10.2 Å². The second-order valence-electron chi connectivity index (χ2n) is 4.09. The zero-order valence-corrected chi connectivity index (χ0v) is 8.64. The Morgan fingerprint density at radius 3 is 2.83 bits per heavy atom. The van der Waals surface area contributed by atoms with Crippen LogP contribution in [0.25, 0.3) is 0 Å². The van der Waals surface area contributed by atoms with Crippen LogP contribution in [0.3, 0.4) is 0 Å². The van der Waals surface area contributed by atoms with Gasteiger partial charge in [0.2, 0.25) is 0 Å². The van der Waals surface area contributed by atoms with Crippen molar-refractivity contribution in [1.29, 1.82) is 0 Å². The van der Waals surface area contributed by atoms with Crippen LogP contribution in [-0.4, -0.2) is 38.1 Å². The molecule has 2 nitrogen and oxygen atoms in total. The Morgan fingerprint density at radius 1 is 1.50 bits per heavy atom. The van der Waals surface area contributed by atoms with Crippen molar-refractivity contribution in [3.63, 3.8) is 0 Å². The maximum Gasteiger partial charge on any atom is 0.000999 e. The predicted molar refractivity (Wildman–Crippen MR) is 53.3 cm³/mol. The molecule has 1 saturated heterocycles. The Labute approximate surface area is 76.3 Å². The van der Waals surface area contributed by atoms with Gasteiger partial charge in [-0.2, -0.15) is 0 Å². The van der Waals surface area contributed by atoms with E-state index in [-0.39, 0.29) is 0 Å². The van der Waals surface area contributed by atoms with Gasteiger partial charge in [0.05, 0.1) is 0 Å². The first-order chi connectivity index (χ1) is 5.74. The highest BCUT2D eigenvalue weighted by Crippen LogP contribution is 2.18. The molecule has 12 heavy (non-hydrogen) atoms. The Hall–Kier alpha value is -0.0800. The lowest BCUT2D eigenvalue weighted by molar-refractivity contribution is 0.196. The Balaban J connectivity index is 2.28. The summed E-state index contributed by atoms with van der Waals surface area (Å²) in [5.74, 6) is 1.77. The van der Waals surface area contributed by atoms with Gasteiger partial charge in [-0.05, 0) is 44.9 Å². The fourth-order valence-electron chi connectivity index (χ4n) is 1.87. The second kappa shape index (κ2) is 4.83. The number of hydrogen-bond acceptors (Lipinski definition) is 2. The molecular formula is C10H22N2. The minimum Gasteiger partial charge on any atom is -0.316 e. The van der Waals surface area contributed by atoms with Gasteiger partial charge in [-0.1, -0.05) is 13.8 Å². The third kappa shape index (κ3) is 2.76. The minimum atomic E-state index is 0.854. The molecule has 1 heterocycles. The molecule has 0 spiro atoms. The van der Waals surface area contributed by atoms with Gasteiger partial charge in [0, 0.05) is 6.54 Å². The fourth-order valence-corrected chi connectivity index (χ4v) is 1.87. The van der Waals surface area contributed by atoms with Crippen molar-refractivity contribution >= 4 is 0 Å². The van der Waals surface area contributed by atoms with Gasteiger partial charge >= 0.3 is 0 Å².